The van der Waals surface area contributed by atoms with Crippen molar-refractivity contribution in [3.8, 4) is 5.75 Å². The van der Waals surface area contributed by atoms with Gasteiger partial charge in [0.15, 0.2) is 0 Å². The van der Waals surface area contributed by atoms with E-state index in [-0.39, 0.29) is 12.5 Å². The second kappa shape index (κ2) is 12.6. The van der Waals surface area contributed by atoms with Crippen LogP contribution in [0.4, 0.5) is 5.69 Å². The van der Waals surface area contributed by atoms with Crippen LogP contribution < -0.4 is 14.4 Å². The Morgan fingerprint density at radius 2 is 1.77 bits per heavy atom. The molecule has 0 saturated carbocycles. The summed E-state index contributed by atoms with van der Waals surface area (Å²) in [6, 6.07) is 11.9. The lowest BCUT2D eigenvalue weighted by Gasteiger charge is -2.33. The maximum absolute atomic E-state index is 13.7. The lowest BCUT2D eigenvalue weighted by atomic mass is 10.1. The van der Waals surface area contributed by atoms with Gasteiger partial charge in [0.2, 0.25) is 21.8 Å². The quantitative estimate of drug-likeness (QED) is 0.479. The van der Waals surface area contributed by atoms with Crippen molar-refractivity contribution in [3.63, 3.8) is 0 Å². The molecule has 0 bridgehead atoms. The van der Waals surface area contributed by atoms with Gasteiger partial charge in [-0.15, -0.1) is 0 Å². The molecule has 0 heterocycles. The first kappa shape index (κ1) is 28.2. The third-order valence-corrected chi connectivity index (χ3v) is 7.07. The number of carbonyl (C=O) groups excluding carboxylic acids is 2. The molecule has 2 aromatic carbocycles. The van der Waals surface area contributed by atoms with Gasteiger partial charge in [-0.2, -0.15) is 0 Å². The summed E-state index contributed by atoms with van der Waals surface area (Å²) in [4.78, 5) is 28.2. The van der Waals surface area contributed by atoms with Crippen molar-refractivity contribution in [2.24, 2.45) is 0 Å². The number of benzene rings is 2. The Labute approximate surface area is 209 Å². The zero-order valence-corrected chi connectivity index (χ0v) is 22.3. The molecule has 0 spiro atoms. The van der Waals surface area contributed by atoms with Gasteiger partial charge < -0.3 is 15.0 Å². The van der Waals surface area contributed by atoms with E-state index in [2.05, 4.69) is 5.32 Å². The number of methoxy groups -OCH3 is 1. The molecule has 1 N–H and O–H groups in total. The van der Waals surface area contributed by atoms with Gasteiger partial charge in [0, 0.05) is 13.1 Å². The second-order valence-corrected chi connectivity index (χ2v) is 10.5. The number of hydrogen-bond donors (Lipinski definition) is 1. The Morgan fingerprint density at radius 3 is 2.37 bits per heavy atom. The highest BCUT2D eigenvalue weighted by molar-refractivity contribution is 7.92. The zero-order valence-electron chi connectivity index (χ0n) is 21.5. The van der Waals surface area contributed by atoms with Crippen LogP contribution in [-0.4, -0.2) is 57.6 Å². The van der Waals surface area contributed by atoms with Crippen LogP contribution >= 0.6 is 0 Å². The molecule has 2 amide bonds. The molecular weight excluding hydrogens is 466 g/mol. The summed E-state index contributed by atoms with van der Waals surface area (Å²) in [5.74, 6) is -0.0904. The standard InChI is InChI=1S/C26H37N3O5S/c1-7-15-27-26(31)23(8-2)28(17-21-12-10-13-22(16-21)34-5)25(30)18-29(35(6,32)33)24-14-9-11-19(3)20(24)4/h9-14,16,23H,7-8,15,17-18H2,1-6H3,(H,27,31)/t23-/m1/s1. The molecule has 0 saturated heterocycles. The summed E-state index contributed by atoms with van der Waals surface area (Å²) in [6.45, 7) is 7.73. The third-order valence-electron chi connectivity index (χ3n) is 5.95. The molecule has 0 radical (unpaired) electrons. The van der Waals surface area contributed by atoms with Crippen molar-refractivity contribution >= 4 is 27.5 Å². The number of nitrogens with zero attached hydrogens (tertiary/aromatic N) is 2. The van der Waals surface area contributed by atoms with E-state index in [0.717, 1.165) is 33.7 Å². The van der Waals surface area contributed by atoms with Gasteiger partial charge in [-0.25, -0.2) is 8.42 Å². The van der Waals surface area contributed by atoms with Crippen LogP contribution in [0, 0.1) is 13.8 Å². The monoisotopic (exact) mass is 503 g/mol. The largest absolute Gasteiger partial charge is 0.497 e. The molecule has 8 nitrogen and oxygen atoms in total. The topological polar surface area (TPSA) is 96.0 Å². The normalized spacial score (nSPS) is 12.1. The van der Waals surface area contributed by atoms with Crippen LogP contribution in [0.1, 0.15) is 43.4 Å². The van der Waals surface area contributed by atoms with E-state index in [1.807, 2.05) is 45.9 Å². The van der Waals surface area contributed by atoms with E-state index in [1.165, 1.54) is 4.90 Å². The van der Waals surface area contributed by atoms with Gasteiger partial charge in [-0.3, -0.25) is 13.9 Å². The molecule has 192 valence electrons. The Morgan fingerprint density at radius 1 is 1.09 bits per heavy atom. The Bertz CT molecular complexity index is 1130. The van der Waals surface area contributed by atoms with E-state index in [9.17, 15) is 18.0 Å². The number of anilines is 1. The predicted octanol–water partition coefficient (Wildman–Crippen LogP) is 3.41. The van der Waals surface area contributed by atoms with Crippen LogP contribution in [-0.2, 0) is 26.2 Å². The minimum Gasteiger partial charge on any atom is -0.497 e. The highest BCUT2D eigenvalue weighted by Crippen LogP contribution is 2.26. The molecule has 0 unspecified atom stereocenters. The van der Waals surface area contributed by atoms with Gasteiger partial charge in [-0.05, 0) is 61.6 Å². The number of rotatable bonds is 12. The van der Waals surface area contributed by atoms with E-state index in [0.29, 0.717) is 24.4 Å². The highest BCUT2D eigenvalue weighted by atomic mass is 32.2. The summed E-state index contributed by atoms with van der Waals surface area (Å²) < 4.78 is 32.0. The molecule has 1 atom stereocenters. The number of nitrogens with one attached hydrogen (secondary N) is 1. The van der Waals surface area contributed by atoms with Crippen molar-refractivity contribution in [2.75, 3.05) is 30.8 Å². The van der Waals surface area contributed by atoms with Gasteiger partial charge in [0.25, 0.3) is 0 Å². The predicted molar refractivity (Wildman–Crippen MR) is 139 cm³/mol. The molecule has 0 fully saturated rings. The first-order valence-corrected chi connectivity index (χ1v) is 13.6. The van der Waals surface area contributed by atoms with Crippen molar-refractivity contribution in [3.05, 3.63) is 59.2 Å². The van der Waals surface area contributed by atoms with Gasteiger partial charge in [-0.1, -0.05) is 38.1 Å². The number of amides is 2. The SMILES string of the molecule is CCCNC(=O)[C@@H](CC)N(Cc1cccc(OC)c1)C(=O)CN(c1cccc(C)c1C)S(C)(=O)=O. The first-order valence-electron chi connectivity index (χ1n) is 11.8. The van der Waals surface area contributed by atoms with Crippen molar-refractivity contribution in [1.29, 1.82) is 0 Å². The molecule has 9 heteroatoms. The molecule has 35 heavy (non-hydrogen) atoms. The lowest BCUT2D eigenvalue weighted by molar-refractivity contribution is -0.140. The Kier molecular flexibility index (Phi) is 10.1. The number of carbonyl (C=O) groups is 2. The fourth-order valence-corrected chi connectivity index (χ4v) is 4.75. The van der Waals surface area contributed by atoms with Crippen LogP contribution in [0.5, 0.6) is 5.75 Å². The summed E-state index contributed by atoms with van der Waals surface area (Å²) in [6.07, 6.45) is 2.23. The molecule has 2 aromatic rings. The fourth-order valence-electron chi connectivity index (χ4n) is 3.85. The minimum atomic E-state index is -3.77. The fraction of sp³-hybridized carbons (Fsp3) is 0.462. The van der Waals surface area contributed by atoms with Crippen molar-refractivity contribution in [2.45, 2.75) is 53.1 Å². The van der Waals surface area contributed by atoms with E-state index in [4.69, 9.17) is 4.74 Å². The minimum absolute atomic E-state index is 0.137. The molecule has 0 aliphatic heterocycles. The lowest BCUT2D eigenvalue weighted by Crippen LogP contribution is -2.52. The number of sulfonamides is 1. The van der Waals surface area contributed by atoms with Gasteiger partial charge in [0.05, 0.1) is 19.1 Å². The molecule has 0 aliphatic rings. The first-order chi connectivity index (χ1) is 16.5. The molecule has 0 aliphatic carbocycles. The number of ether oxygens (including phenoxy) is 1. The second-order valence-electron chi connectivity index (χ2n) is 8.58. The summed E-state index contributed by atoms with van der Waals surface area (Å²) in [5.41, 5.74) is 2.92. The van der Waals surface area contributed by atoms with Gasteiger partial charge in [0.1, 0.15) is 18.3 Å². The molecular formula is C26H37N3O5S. The maximum Gasteiger partial charge on any atom is 0.244 e. The summed E-state index contributed by atoms with van der Waals surface area (Å²) >= 11 is 0. The summed E-state index contributed by atoms with van der Waals surface area (Å²) in [7, 11) is -2.21. The van der Waals surface area contributed by atoms with Crippen molar-refractivity contribution < 1.29 is 22.7 Å². The number of hydrogen-bond acceptors (Lipinski definition) is 5. The Hall–Kier alpha value is -3.07. The van der Waals surface area contributed by atoms with Crippen LogP contribution in [0.3, 0.4) is 0 Å². The van der Waals surface area contributed by atoms with E-state index < -0.39 is 28.5 Å². The van der Waals surface area contributed by atoms with Crippen LogP contribution in [0.25, 0.3) is 0 Å². The van der Waals surface area contributed by atoms with Crippen LogP contribution in [0.15, 0.2) is 42.5 Å². The smallest absolute Gasteiger partial charge is 0.244 e. The highest BCUT2D eigenvalue weighted by Gasteiger charge is 2.32. The average molecular weight is 504 g/mol. The molecule has 0 aromatic heterocycles. The third kappa shape index (κ3) is 7.45. The van der Waals surface area contributed by atoms with Crippen molar-refractivity contribution in [1.82, 2.24) is 10.2 Å². The average Bonchev–Trinajstić information content (AvgIpc) is 2.82. The van der Waals surface area contributed by atoms with E-state index in [1.54, 1.807) is 31.4 Å². The van der Waals surface area contributed by atoms with E-state index >= 15 is 0 Å². The van der Waals surface area contributed by atoms with Crippen LogP contribution in [0.2, 0.25) is 0 Å². The molecule has 2 rings (SSSR count). The van der Waals surface area contributed by atoms with Gasteiger partial charge >= 0.3 is 0 Å². The Balaban J connectivity index is 2.48. The summed E-state index contributed by atoms with van der Waals surface area (Å²) in [5, 5.41) is 2.87. The number of aryl methyl sites for hydroxylation is 1. The zero-order chi connectivity index (χ0) is 26.2. The maximum atomic E-state index is 13.7.